The van der Waals surface area contributed by atoms with Crippen LogP contribution in [0.1, 0.15) is 15.9 Å². The predicted molar refractivity (Wildman–Crippen MR) is 80.0 cm³/mol. The highest BCUT2D eigenvalue weighted by Crippen LogP contribution is 2.30. The molecule has 4 nitrogen and oxygen atoms in total. The van der Waals surface area contributed by atoms with Gasteiger partial charge in [-0.05, 0) is 58.7 Å². The Bertz CT molecular complexity index is 641. The molecule has 19 heavy (non-hydrogen) atoms. The summed E-state index contributed by atoms with van der Waals surface area (Å²) in [6.07, 6.45) is 0. The normalized spacial score (nSPS) is 10.2. The van der Waals surface area contributed by atoms with Crippen LogP contribution in [0.25, 0.3) is 0 Å². The molecule has 5 heteroatoms. The van der Waals surface area contributed by atoms with Crippen LogP contribution in [-0.2, 0) is 0 Å². The highest BCUT2D eigenvalue weighted by molar-refractivity contribution is 9.10. The molecule has 0 fully saturated rings. The van der Waals surface area contributed by atoms with E-state index in [2.05, 4.69) is 21.2 Å². The summed E-state index contributed by atoms with van der Waals surface area (Å²) in [5, 5.41) is 12.1. The minimum absolute atomic E-state index is 0.194. The Kier molecular flexibility index (Phi) is 3.76. The van der Waals surface area contributed by atoms with Gasteiger partial charge >= 0.3 is 5.97 Å². The maximum Gasteiger partial charge on any atom is 0.335 e. The summed E-state index contributed by atoms with van der Waals surface area (Å²) in [6, 6.07) is 10.4. The van der Waals surface area contributed by atoms with Crippen molar-refractivity contribution in [3.8, 4) is 0 Å². The lowest BCUT2D eigenvalue weighted by Gasteiger charge is -2.12. The summed E-state index contributed by atoms with van der Waals surface area (Å²) in [6.45, 7) is 1.99. The number of nitrogens with one attached hydrogen (secondary N) is 1. The lowest BCUT2D eigenvalue weighted by molar-refractivity contribution is 0.0697. The number of halogens is 1. The van der Waals surface area contributed by atoms with Gasteiger partial charge in [-0.15, -0.1) is 0 Å². The highest BCUT2D eigenvalue weighted by atomic mass is 79.9. The first kappa shape index (κ1) is 13.4. The molecule has 4 N–H and O–H groups in total. The number of aryl methyl sites for hydroxylation is 1. The van der Waals surface area contributed by atoms with E-state index in [1.54, 1.807) is 6.07 Å². The van der Waals surface area contributed by atoms with Gasteiger partial charge in [-0.1, -0.05) is 6.07 Å². The van der Waals surface area contributed by atoms with Crippen molar-refractivity contribution in [2.45, 2.75) is 6.92 Å². The molecule has 0 spiro atoms. The maximum atomic E-state index is 11.0. The fourth-order valence-electron chi connectivity index (χ4n) is 1.66. The monoisotopic (exact) mass is 320 g/mol. The van der Waals surface area contributed by atoms with Gasteiger partial charge < -0.3 is 16.2 Å². The van der Waals surface area contributed by atoms with Gasteiger partial charge in [0.1, 0.15) is 0 Å². The summed E-state index contributed by atoms with van der Waals surface area (Å²) in [4.78, 5) is 11.0. The Balaban J connectivity index is 2.37. The number of aromatic carboxylic acids is 1. The molecular weight excluding hydrogens is 308 g/mol. The first-order valence-electron chi connectivity index (χ1n) is 5.63. The highest BCUT2D eigenvalue weighted by Gasteiger charge is 2.08. The van der Waals surface area contributed by atoms with Crippen LogP contribution in [0.15, 0.2) is 40.9 Å². The molecule has 0 heterocycles. The molecule has 0 saturated heterocycles. The van der Waals surface area contributed by atoms with E-state index in [-0.39, 0.29) is 5.56 Å². The van der Waals surface area contributed by atoms with Gasteiger partial charge in [0.15, 0.2) is 0 Å². The van der Waals surface area contributed by atoms with Crippen molar-refractivity contribution in [1.82, 2.24) is 0 Å². The topological polar surface area (TPSA) is 75.3 Å². The summed E-state index contributed by atoms with van der Waals surface area (Å²) >= 11 is 3.46. The number of nitrogens with two attached hydrogens (primary N) is 1. The van der Waals surface area contributed by atoms with Gasteiger partial charge in [0.05, 0.1) is 22.6 Å². The quantitative estimate of drug-likeness (QED) is 0.752. The van der Waals surface area contributed by atoms with Crippen LogP contribution < -0.4 is 11.1 Å². The zero-order valence-electron chi connectivity index (χ0n) is 10.3. The van der Waals surface area contributed by atoms with Crippen LogP contribution in [0.3, 0.4) is 0 Å². The van der Waals surface area contributed by atoms with Gasteiger partial charge in [-0.2, -0.15) is 0 Å². The summed E-state index contributed by atoms with van der Waals surface area (Å²) < 4.78 is 0.896. The molecule has 0 bridgehead atoms. The average Bonchev–Trinajstić information content (AvgIpc) is 2.34. The Morgan fingerprint density at radius 2 is 1.95 bits per heavy atom. The zero-order chi connectivity index (χ0) is 14.0. The number of benzene rings is 2. The van der Waals surface area contributed by atoms with Crippen molar-refractivity contribution in [3.05, 3.63) is 52.0 Å². The Hall–Kier alpha value is -2.01. The number of hydrogen-bond acceptors (Lipinski definition) is 3. The summed E-state index contributed by atoms with van der Waals surface area (Å²) in [5.74, 6) is -0.981. The number of carboxylic acids is 1. The standard InChI is InChI=1S/C14H13BrN2O2/c1-8-2-5-12(10(15)6-8)17-13-7-9(14(18)19)3-4-11(13)16/h2-7,17H,16H2,1H3,(H,18,19). The van der Waals surface area contributed by atoms with Crippen LogP contribution in [0.4, 0.5) is 17.1 Å². The minimum atomic E-state index is -0.981. The second-order valence-electron chi connectivity index (χ2n) is 4.22. The number of anilines is 3. The SMILES string of the molecule is Cc1ccc(Nc2cc(C(=O)O)ccc2N)c(Br)c1. The van der Waals surface area contributed by atoms with E-state index in [0.717, 1.165) is 15.7 Å². The second-order valence-corrected chi connectivity index (χ2v) is 5.07. The first-order valence-corrected chi connectivity index (χ1v) is 6.42. The second kappa shape index (κ2) is 5.32. The molecule has 0 saturated carbocycles. The molecule has 0 aliphatic heterocycles. The van der Waals surface area contributed by atoms with E-state index < -0.39 is 5.97 Å². The molecule has 0 unspecified atom stereocenters. The fraction of sp³-hybridized carbons (Fsp3) is 0.0714. The molecule has 2 aromatic rings. The van der Waals surface area contributed by atoms with Gasteiger partial charge in [-0.3, -0.25) is 0 Å². The predicted octanol–water partition coefficient (Wildman–Crippen LogP) is 3.78. The molecule has 0 amide bonds. The van der Waals surface area contributed by atoms with E-state index in [9.17, 15) is 4.79 Å². The molecule has 0 aliphatic rings. The minimum Gasteiger partial charge on any atom is -0.478 e. The van der Waals surface area contributed by atoms with Crippen molar-refractivity contribution >= 4 is 39.0 Å². The molecule has 0 aromatic heterocycles. The third-order valence-corrected chi connectivity index (χ3v) is 3.35. The van der Waals surface area contributed by atoms with E-state index in [0.29, 0.717) is 11.4 Å². The third kappa shape index (κ3) is 3.06. The average molecular weight is 321 g/mol. The molecule has 0 aliphatic carbocycles. The number of carboxylic acid groups (broad SMARTS) is 1. The zero-order valence-corrected chi connectivity index (χ0v) is 11.9. The largest absolute Gasteiger partial charge is 0.478 e. The Labute approximate surface area is 119 Å². The van der Waals surface area contributed by atoms with E-state index in [1.165, 1.54) is 12.1 Å². The lowest BCUT2D eigenvalue weighted by Crippen LogP contribution is -2.01. The summed E-state index contributed by atoms with van der Waals surface area (Å²) in [5.41, 5.74) is 9.07. The van der Waals surface area contributed by atoms with Crippen LogP contribution in [0, 0.1) is 6.92 Å². The van der Waals surface area contributed by atoms with Crippen LogP contribution >= 0.6 is 15.9 Å². The molecule has 98 valence electrons. The smallest absolute Gasteiger partial charge is 0.335 e. The van der Waals surface area contributed by atoms with Crippen LogP contribution in [0.2, 0.25) is 0 Å². The van der Waals surface area contributed by atoms with Crippen LogP contribution in [-0.4, -0.2) is 11.1 Å². The van der Waals surface area contributed by atoms with Crippen molar-refractivity contribution in [3.63, 3.8) is 0 Å². The molecule has 0 atom stereocenters. The van der Waals surface area contributed by atoms with E-state index in [4.69, 9.17) is 10.8 Å². The van der Waals surface area contributed by atoms with Crippen LogP contribution in [0.5, 0.6) is 0 Å². The van der Waals surface area contributed by atoms with Gasteiger partial charge in [0, 0.05) is 4.47 Å². The maximum absolute atomic E-state index is 11.0. The van der Waals surface area contributed by atoms with Crippen molar-refractivity contribution in [1.29, 1.82) is 0 Å². The van der Waals surface area contributed by atoms with Gasteiger partial charge in [0.25, 0.3) is 0 Å². The number of rotatable bonds is 3. The Morgan fingerprint density at radius 1 is 1.21 bits per heavy atom. The van der Waals surface area contributed by atoms with Gasteiger partial charge in [-0.25, -0.2) is 4.79 Å². The number of hydrogen-bond donors (Lipinski definition) is 3. The van der Waals surface area contributed by atoms with Crippen molar-refractivity contribution < 1.29 is 9.90 Å². The lowest BCUT2D eigenvalue weighted by atomic mass is 10.1. The van der Waals surface area contributed by atoms with Crippen molar-refractivity contribution in [2.75, 3.05) is 11.1 Å². The molecule has 2 rings (SSSR count). The Morgan fingerprint density at radius 3 is 2.58 bits per heavy atom. The van der Waals surface area contributed by atoms with Crippen molar-refractivity contribution in [2.24, 2.45) is 0 Å². The summed E-state index contributed by atoms with van der Waals surface area (Å²) in [7, 11) is 0. The third-order valence-electron chi connectivity index (χ3n) is 2.69. The van der Waals surface area contributed by atoms with E-state index >= 15 is 0 Å². The van der Waals surface area contributed by atoms with E-state index in [1.807, 2.05) is 25.1 Å². The first-order chi connectivity index (χ1) is 8.97. The fourth-order valence-corrected chi connectivity index (χ4v) is 2.26. The molecule has 2 aromatic carbocycles. The number of nitrogen functional groups attached to an aromatic ring is 1. The van der Waals surface area contributed by atoms with Gasteiger partial charge in [0.2, 0.25) is 0 Å². The molecular formula is C14H13BrN2O2. The molecule has 0 radical (unpaired) electrons. The number of carbonyl (C=O) groups is 1.